The zero-order chi connectivity index (χ0) is 20.2. The highest BCUT2D eigenvalue weighted by Crippen LogP contribution is 2.28. The van der Waals surface area contributed by atoms with Crippen LogP contribution >= 0.6 is 0 Å². The maximum absolute atomic E-state index is 12.4. The van der Waals surface area contributed by atoms with E-state index >= 15 is 0 Å². The van der Waals surface area contributed by atoms with Crippen molar-refractivity contribution in [1.29, 1.82) is 0 Å². The number of benzene rings is 3. The van der Waals surface area contributed by atoms with Crippen LogP contribution in [0.25, 0.3) is 21.7 Å². The predicted octanol–water partition coefficient (Wildman–Crippen LogP) is 5.38. The average molecular weight is 386 g/mol. The van der Waals surface area contributed by atoms with Crippen molar-refractivity contribution in [3.8, 4) is 5.75 Å². The van der Waals surface area contributed by atoms with Crippen LogP contribution in [0.3, 0.4) is 0 Å². The van der Waals surface area contributed by atoms with Gasteiger partial charge in [0.25, 0.3) is 0 Å². The Morgan fingerprint density at radius 2 is 1.86 bits per heavy atom. The maximum Gasteiger partial charge on any atom is 0.307 e. The number of hydrazone groups is 1. The van der Waals surface area contributed by atoms with Crippen LogP contribution in [0, 0.1) is 5.92 Å². The summed E-state index contributed by atoms with van der Waals surface area (Å²) >= 11 is 0. The third-order valence-corrected chi connectivity index (χ3v) is 4.49. The van der Waals surface area contributed by atoms with Crippen LogP contribution in [0.2, 0.25) is 0 Å². The number of amides is 1. The van der Waals surface area contributed by atoms with Gasteiger partial charge in [0.1, 0.15) is 11.3 Å². The molecule has 0 spiro atoms. The average Bonchev–Trinajstić information content (AvgIpc) is 3.18. The standard InChI is InChI=1S/C24H22N2O3/c1-16(2)15-28-19-10-7-17(8-11-19)14-25-26-24(27)23-13-21-20-6-4-3-5-18(20)9-12-22(21)29-23/h3-14,16H,15H2,1-2H3,(H,26,27). The molecule has 1 heterocycles. The number of furan rings is 1. The van der Waals surface area contributed by atoms with Crippen molar-refractivity contribution in [1.82, 2.24) is 5.43 Å². The summed E-state index contributed by atoms with van der Waals surface area (Å²) in [5, 5.41) is 7.10. The van der Waals surface area contributed by atoms with Gasteiger partial charge in [-0.2, -0.15) is 5.10 Å². The van der Waals surface area contributed by atoms with E-state index in [9.17, 15) is 4.79 Å². The Morgan fingerprint density at radius 3 is 2.66 bits per heavy atom. The van der Waals surface area contributed by atoms with E-state index in [1.54, 1.807) is 12.3 Å². The first-order valence-corrected chi connectivity index (χ1v) is 9.58. The lowest BCUT2D eigenvalue weighted by Gasteiger charge is -2.08. The van der Waals surface area contributed by atoms with Crippen LogP contribution in [0.4, 0.5) is 0 Å². The summed E-state index contributed by atoms with van der Waals surface area (Å²) in [6.07, 6.45) is 1.59. The number of carbonyl (C=O) groups excluding carboxylic acids is 1. The van der Waals surface area contributed by atoms with Crippen molar-refractivity contribution in [3.63, 3.8) is 0 Å². The molecule has 5 heteroatoms. The monoisotopic (exact) mass is 386 g/mol. The molecule has 1 N–H and O–H groups in total. The van der Waals surface area contributed by atoms with Gasteiger partial charge in [-0.15, -0.1) is 0 Å². The fraction of sp³-hybridized carbons (Fsp3) is 0.167. The fourth-order valence-corrected chi connectivity index (χ4v) is 3.04. The predicted molar refractivity (Wildman–Crippen MR) is 116 cm³/mol. The van der Waals surface area contributed by atoms with Crippen molar-refractivity contribution >= 4 is 33.9 Å². The van der Waals surface area contributed by atoms with Crippen molar-refractivity contribution < 1.29 is 13.9 Å². The minimum absolute atomic E-state index is 0.228. The highest BCUT2D eigenvalue weighted by atomic mass is 16.5. The normalized spacial score (nSPS) is 11.6. The lowest BCUT2D eigenvalue weighted by Crippen LogP contribution is -2.16. The Balaban J connectivity index is 1.43. The van der Waals surface area contributed by atoms with Gasteiger partial charge in [0.2, 0.25) is 0 Å². The molecule has 4 rings (SSSR count). The molecule has 0 atom stereocenters. The number of ether oxygens (including phenoxy) is 1. The minimum Gasteiger partial charge on any atom is -0.493 e. The molecule has 4 aromatic rings. The van der Waals surface area contributed by atoms with Crippen molar-refractivity contribution in [2.75, 3.05) is 6.61 Å². The molecule has 29 heavy (non-hydrogen) atoms. The zero-order valence-electron chi connectivity index (χ0n) is 16.4. The first kappa shape index (κ1) is 18.7. The van der Waals surface area contributed by atoms with E-state index in [0.29, 0.717) is 18.1 Å². The highest BCUT2D eigenvalue weighted by Gasteiger charge is 2.13. The van der Waals surface area contributed by atoms with Gasteiger partial charge in [0.15, 0.2) is 5.76 Å². The van der Waals surface area contributed by atoms with E-state index in [1.165, 1.54) is 0 Å². The third kappa shape index (κ3) is 4.29. The summed E-state index contributed by atoms with van der Waals surface area (Å²) in [5.41, 5.74) is 4.05. The summed E-state index contributed by atoms with van der Waals surface area (Å²) in [4.78, 5) is 12.4. The highest BCUT2D eigenvalue weighted by molar-refractivity contribution is 6.08. The molecule has 146 valence electrons. The van der Waals surface area contributed by atoms with Gasteiger partial charge in [-0.05, 0) is 58.7 Å². The Kier molecular flexibility index (Phi) is 5.29. The lowest BCUT2D eigenvalue weighted by atomic mass is 10.1. The molecule has 1 aromatic heterocycles. The van der Waals surface area contributed by atoms with E-state index in [2.05, 4.69) is 24.4 Å². The van der Waals surface area contributed by atoms with Gasteiger partial charge in [-0.25, -0.2) is 5.43 Å². The van der Waals surface area contributed by atoms with Crippen LogP contribution in [-0.2, 0) is 0 Å². The number of nitrogens with zero attached hydrogens (tertiary/aromatic N) is 1. The van der Waals surface area contributed by atoms with Gasteiger partial charge in [0.05, 0.1) is 12.8 Å². The molecule has 0 unspecified atom stereocenters. The van der Waals surface area contributed by atoms with Crippen LogP contribution in [0.15, 0.2) is 76.2 Å². The number of nitrogens with one attached hydrogen (secondary N) is 1. The summed E-state index contributed by atoms with van der Waals surface area (Å²) in [7, 11) is 0. The number of rotatable bonds is 6. The lowest BCUT2D eigenvalue weighted by molar-refractivity contribution is 0.0929. The molecule has 0 saturated carbocycles. The second-order valence-electron chi connectivity index (χ2n) is 7.28. The summed E-state index contributed by atoms with van der Waals surface area (Å²) < 4.78 is 11.4. The molecule has 0 aliphatic carbocycles. The van der Waals surface area contributed by atoms with Crippen LogP contribution in [0.5, 0.6) is 5.75 Å². The number of fused-ring (bicyclic) bond motifs is 3. The second kappa shape index (κ2) is 8.19. The van der Waals surface area contributed by atoms with Crippen molar-refractivity contribution in [2.24, 2.45) is 11.0 Å². The van der Waals surface area contributed by atoms with Gasteiger partial charge in [-0.3, -0.25) is 4.79 Å². The van der Waals surface area contributed by atoms with Crippen LogP contribution in [-0.4, -0.2) is 18.7 Å². The van der Waals surface area contributed by atoms with Gasteiger partial charge in [0, 0.05) is 5.39 Å². The van der Waals surface area contributed by atoms with Crippen LogP contribution < -0.4 is 10.2 Å². The molecule has 0 fully saturated rings. The molecule has 3 aromatic carbocycles. The van der Waals surface area contributed by atoms with E-state index < -0.39 is 5.91 Å². The summed E-state index contributed by atoms with van der Waals surface area (Å²) in [6, 6.07) is 21.2. The van der Waals surface area contributed by atoms with E-state index in [1.807, 2.05) is 60.7 Å². The zero-order valence-corrected chi connectivity index (χ0v) is 16.4. The molecule has 0 bridgehead atoms. The molecular weight excluding hydrogens is 364 g/mol. The van der Waals surface area contributed by atoms with Gasteiger partial charge < -0.3 is 9.15 Å². The Bertz CT molecular complexity index is 1170. The fourth-order valence-electron chi connectivity index (χ4n) is 3.04. The van der Waals surface area contributed by atoms with Crippen LogP contribution in [0.1, 0.15) is 30.0 Å². The van der Waals surface area contributed by atoms with Crippen molar-refractivity contribution in [2.45, 2.75) is 13.8 Å². The largest absolute Gasteiger partial charge is 0.493 e. The maximum atomic E-state index is 12.4. The summed E-state index contributed by atoms with van der Waals surface area (Å²) in [6.45, 7) is 4.89. The number of carbonyl (C=O) groups is 1. The van der Waals surface area contributed by atoms with Gasteiger partial charge in [-0.1, -0.05) is 44.2 Å². The first-order valence-electron chi connectivity index (χ1n) is 9.58. The topological polar surface area (TPSA) is 63.8 Å². The molecule has 0 aliphatic rings. The Labute approximate surface area is 169 Å². The Hall–Kier alpha value is -3.60. The molecule has 0 saturated heterocycles. The number of hydrogen-bond acceptors (Lipinski definition) is 4. The molecule has 0 aliphatic heterocycles. The van der Waals surface area contributed by atoms with E-state index in [4.69, 9.17) is 9.15 Å². The van der Waals surface area contributed by atoms with Gasteiger partial charge >= 0.3 is 5.91 Å². The molecular formula is C24H22N2O3. The SMILES string of the molecule is CC(C)COc1ccc(C=NNC(=O)c2cc3c(ccc4ccccc43)o2)cc1. The molecule has 0 radical (unpaired) electrons. The van der Waals surface area contributed by atoms with E-state index in [-0.39, 0.29) is 5.76 Å². The Morgan fingerprint density at radius 1 is 1.07 bits per heavy atom. The molecule has 1 amide bonds. The smallest absolute Gasteiger partial charge is 0.307 e. The quantitative estimate of drug-likeness (QED) is 0.357. The number of hydrogen-bond donors (Lipinski definition) is 1. The second-order valence-corrected chi connectivity index (χ2v) is 7.28. The minimum atomic E-state index is -0.390. The van der Waals surface area contributed by atoms with E-state index in [0.717, 1.165) is 27.5 Å². The first-order chi connectivity index (χ1) is 14.1. The third-order valence-electron chi connectivity index (χ3n) is 4.49. The summed E-state index contributed by atoms with van der Waals surface area (Å²) in [5.74, 6) is 1.13. The van der Waals surface area contributed by atoms with Crippen molar-refractivity contribution in [3.05, 3.63) is 78.1 Å². The molecule has 5 nitrogen and oxygen atoms in total.